The van der Waals surface area contributed by atoms with Gasteiger partial charge in [-0.15, -0.1) is 0 Å². The zero-order valence-corrected chi connectivity index (χ0v) is 18.4. The fourth-order valence-corrected chi connectivity index (χ4v) is 3.37. The first-order chi connectivity index (χ1) is 16.0. The number of benzene rings is 3. The second kappa shape index (κ2) is 9.48. The van der Waals surface area contributed by atoms with E-state index >= 15 is 0 Å². The molecule has 0 amide bonds. The Morgan fingerprint density at radius 2 is 1.67 bits per heavy atom. The van der Waals surface area contributed by atoms with E-state index in [0.29, 0.717) is 40.7 Å². The number of methoxy groups -OCH3 is 3. The van der Waals surface area contributed by atoms with Crippen molar-refractivity contribution in [2.45, 2.75) is 6.61 Å². The zero-order valence-electron chi connectivity index (χ0n) is 18.4. The van der Waals surface area contributed by atoms with Gasteiger partial charge in [-0.05, 0) is 53.6 Å². The van der Waals surface area contributed by atoms with Crippen LogP contribution in [0.1, 0.15) is 31.8 Å². The number of esters is 1. The van der Waals surface area contributed by atoms with Crippen LogP contribution in [0.3, 0.4) is 0 Å². The minimum absolute atomic E-state index is 0.204. The molecule has 7 heteroatoms. The predicted molar refractivity (Wildman–Crippen MR) is 121 cm³/mol. The number of hydrogen-bond donors (Lipinski definition) is 0. The highest BCUT2D eigenvalue weighted by molar-refractivity contribution is 6.14. The van der Waals surface area contributed by atoms with Crippen LogP contribution in [0.5, 0.6) is 23.0 Å². The molecule has 4 rings (SSSR count). The molecule has 1 heterocycles. The molecule has 3 aromatic carbocycles. The first-order valence-corrected chi connectivity index (χ1v) is 10.1. The van der Waals surface area contributed by atoms with E-state index in [1.54, 1.807) is 74.9 Å². The smallest absolute Gasteiger partial charge is 0.337 e. The second-order valence-corrected chi connectivity index (χ2v) is 7.19. The Balaban J connectivity index is 1.46. The average molecular weight is 446 g/mol. The molecule has 33 heavy (non-hydrogen) atoms. The topological polar surface area (TPSA) is 80.3 Å². The number of hydrogen-bond acceptors (Lipinski definition) is 7. The first-order valence-electron chi connectivity index (χ1n) is 10.1. The van der Waals surface area contributed by atoms with Crippen molar-refractivity contribution in [3.63, 3.8) is 0 Å². The molecule has 0 aromatic heterocycles. The van der Waals surface area contributed by atoms with Crippen LogP contribution in [0.15, 0.2) is 66.4 Å². The summed E-state index contributed by atoms with van der Waals surface area (Å²) in [5, 5.41) is 0. The standard InChI is InChI=1S/C26H22O7/c1-29-21-11-6-17(12-23(21)30-2)13-24-25(27)20-10-9-19(14-22(20)33-24)32-15-16-4-7-18(8-5-16)26(28)31-3/h4-14H,15H2,1-3H3/b24-13-. The van der Waals surface area contributed by atoms with Crippen molar-refractivity contribution in [2.24, 2.45) is 0 Å². The minimum Gasteiger partial charge on any atom is -0.493 e. The van der Waals surface area contributed by atoms with Gasteiger partial charge < -0.3 is 23.7 Å². The van der Waals surface area contributed by atoms with Crippen molar-refractivity contribution >= 4 is 17.8 Å². The van der Waals surface area contributed by atoms with Crippen LogP contribution in [0.25, 0.3) is 6.08 Å². The molecule has 0 bridgehead atoms. The fourth-order valence-electron chi connectivity index (χ4n) is 3.37. The van der Waals surface area contributed by atoms with Gasteiger partial charge in [-0.2, -0.15) is 0 Å². The Kier molecular flexibility index (Phi) is 6.31. The van der Waals surface area contributed by atoms with E-state index in [2.05, 4.69) is 0 Å². The lowest BCUT2D eigenvalue weighted by atomic mass is 10.1. The molecule has 0 atom stereocenters. The van der Waals surface area contributed by atoms with Gasteiger partial charge in [0.05, 0.1) is 32.5 Å². The Labute approximate surface area is 191 Å². The number of carbonyl (C=O) groups excluding carboxylic acids is 2. The van der Waals surface area contributed by atoms with Crippen LogP contribution in [-0.4, -0.2) is 33.1 Å². The molecule has 1 aliphatic rings. The number of Topliss-reactive ketones (excluding diaryl/α,β-unsaturated/α-hetero) is 1. The largest absolute Gasteiger partial charge is 0.493 e. The van der Waals surface area contributed by atoms with E-state index in [0.717, 1.165) is 11.1 Å². The van der Waals surface area contributed by atoms with Gasteiger partial charge in [-0.25, -0.2) is 4.79 Å². The van der Waals surface area contributed by atoms with E-state index in [-0.39, 0.29) is 17.5 Å². The maximum Gasteiger partial charge on any atom is 0.337 e. The molecule has 7 nitrogen and oxygen atoms in total. The maximum absolute atomic E-state index is 12.8. The van der Waals surface area contributed by atoms with Gasteiger partial charge in [0.2, 0.25) is 5.78 Å². The Morgan fingerprint density at radius 3 is 2.36 bits per heavy atom. The molecule has 168 valence electrons. The van der Waals surface area contributed by atoms with E-state index in [4.69, 9.17) is 23.7 Å². The molecule has 0 aliphatic carbocycles. The summed E-state index contributed by atoms with van der Waals surface area (Å²) in [5.41, 5.74) is 2.57. The summed E-state index contributed by atoms with van der Waals surface area (Å²) >= 11 is 0. The third-order valence-electron chi connectivity index (χ3n) is 5.13. The maximum atomic E-state index is 12.8. The number of allylic oxidation sites excluding steroid dienone is 1. The molecule has 0 radical (unpaired) electrons. The van der Waals surface area contributed by atoms with Gasteiger partial charge in [0.25, 0.3) is 0 Å². The molecule has 0 unspecified atom stereocenters. The highest BCUT2D eigenvalue weighted by Gasteiger charge is 2.28. The van der Waals surface area contributed by atoms with Crippen molar-refractivity contribution in [1.82, 2.24) is 0 Å². The summed E-state index contributed by atoms with van der Waals surface area (Å²) in [6, 6.07) is 17.4. The van der Waals surface area contributed by atoms with Gasteiger partial charge in [0.1, 0.15) is 18.1 Å². The van der Waals surface area contributed by atoms with Crippen LogP contribution in [0, 0.1) is 0 Å². The molecule has 0 fully saturated rings. The Bertz CT molecular complexity index is 1230. The molecule has 0 saturated carbocycles. The van der Waals surface area contributed by atoms with Crippen LogP contribution >= 0.6 is 0 Å². The summed E-state index contributed by atoms with van der Waals surface area (Å²) in [7, 11) is 4.46. The summed E-state index contributed by atoms with van der Waals surface area (Å²) in [5.74, 6) is 1.78. The summed E-state index contributed by atoms with van der Waals surface area (Å²) in [6.45, 7) is 0.294. The van der Waals surface area contributed by atoms with E-state index < -0.39 is 0 Å². The normalized spacial score (nSPS) is 13.3. The Morgan fingerprint density at radius 1 is 0.909 bits per heavy atom. The molecule has 0 saturated heterocycles. The van der Waals surface area contributed by atoms with Gasteiger partial charge in [0, 0.05) is 6.07 Å². The highest BCUT2D eigenvalue weighted by Crippen LogP contribution is 2.36. The molecule has 0 spiro atoms. The number of ketones is 1. The predicted octanol–water partition coefficient (Wildman–Crippen LogP) is 4.69. The SMILES string of the molecule is COC(=O)c1ccc(COc2ccc3c(c2)O/C(=C\c2ccc(OC)c(OC)c2)C3=O)cc1. The number of ether oxygens (including phenoxy) is 5. The van der Waals surface area contributed by atoms with Crippen LogP contribution in [0.2, 0.25) is 0 Å². The molecular weight excluding hydrogens is 424 g/mol. The van der Waals surface area contributed by atoms with Crippen LogP contribution in [-0.2, 0) is 11.3 Å². The molecule has 1 aliphatic heterocycles. The number of fused-ring (bicyclic) bond motifs is 1. The average Bonchev–Trinajstić information content (AvgIpc) is 3.16. The van der Waals surface area contributed by atoms with Crippen molar-refractivity contribution < 1.29 is 33.3 Å². The first kappa shape index (κ1) is 22.0. The van der Waals surface area contributed by atoms with E-state index in [9.17, 15) is 9.59 Å². The summed E-state index contributed by atoms with van der Waals surface area (Å²) < 4.78 is 26.9. The van der Waals surface area contributed by atoms with Gasteiger partial charge >= 0.3 is 5.97 Å². The number of rotatable bonds is 7. The molecular formula is C26H22O7. The third kappa shape index (κ3) is 4.67. The van der Waals surface area contributed by atoms with Crippen molar-refractivity contribution in [2.75, 3.05) is 21.3 Å². The molecule has 0 N–H and O–H groups in total. The monoisotopic (exact) mass is 446 g/mol. The van der Waals surface area contributed by atoms with Crippen molar-refractivity contribution in [3.05, 3.63) is 88.7 Å². The zero-order chi connectivity index (χ0) is 23.4. The van der Waals surface area contributed by atoms with E-state index in [1.165, 1.54) is 7.11 Å². The second-order valence-electron chi connectivity index (χ2n) is 7.19. The van der Waals surface area contributed by atoms with Crippen molar-refractivity contribution in [1.29, 1.82) is 0 Å². The lowest BCUT2D eigenvalue weighted by Gasteiger charge is -2.08. The summed E-state index contributed by atoms with van der Waals surface area (Å²) in [4.78, 5) is 24.3. The van der Waals surface area contributed by atoms with Gasteiger partial charge in [0.15, 0.2) is 17.3 Å². The van der Waals surface area contributed by atoms with Crippen LogP contribution in [0.4, 0.5) is 0 Å². The highest BCUT2D eigenvalue weighted by atomic mass is 16.5. The quantitative estimate of drug-likeness (QED) is 0.385. The Hall–Kier alpha value is -4.26. The van der Waals surface area contributed by atoms with Crippen molar-refractivity contribution in [3.8, 4) is 23.0 Å². The lowest BCUT2D eigenvalue weighted by molar-refractivity contribution is 0.0600. The van der Waals surface area contributed by atoms with E-state index in [1.807, 2.05) is 6.07 Å². The number of carbonyl (C=O) groups is 2. The van der Waals surface area contributed by atoms with Crippen LogP contribution < -0.4 is 18.9 Å². The fraction of sp³-hybridized carbons (Fsp3) is 0.154. The van der Waals surface area contributed by atoms with Gasteiger partial charge in [-0.3, -0.25) is 4.79 Å². The third-order valence-corrected chi connectivity index (χ3v) is 5.13. The van der Waals surface area contributed by atoms with Gasteiger partial charge in [-0.1, -0.05) is 18.2 Å². The molecule has 3 aromatic rings. The minimum atomic E-state index is -0.389. The lowest BCUT2D eigenvalue weighted by Crippen LogP contribution is -2.02. The summed E-state index contributed by atoms with van der Waals surface area (Å²) in [6.07, 6.45) is 1.66.